The van der Waals surface area contributed by atoms with E-state index >= 15 is 0 Å². The molecule has 0 spiro atoms. The first-order chi connectivity index (χ1) is 9.41. The summed E-state index contributed by atoms with van der Waals surface area (Å²) >= 11 is 0. The van der Waals surface area contributed by atoms with E-state index in [1.165, 1.54) is 16.5 Å². The van der Waals surface area contributed by atoms with Crippen LogP contribution in [0.1, 0.15) is 18.3 Å². The molecular formula is C13H11F3N2O2. The van der Waals surface area contributed by atoms with E-state index in [9.17, 15) is 18.0 Å². The zero-order valence-electron chi connectivity index (χ0n) is 10.5. The second kappa shape index (κ2) is 5.36. The molecule has 106 valence electrons. The fourth-order valence-corrected chi connectivity index (χ4v) is 1.65. The van der Waals surface area contributed by atoms with E-state index in [1.54, 1.807) is 19.1 Å². The number of hydrogen-bond acceptors (Lipinski definition) is 3. The highest BCUT2D eigenvalue weighted by molar-refractivity contribution is 5.86. The third kappa shape index (κ3) is 2.98. The number of halogens is 3. The second-order valence-corrected chi connectivity index (χ2v) is 3.89. The lowest BCUT2D eigenvalue weighted by Crippen LogP contribution is -2.04. The van der Waals surface area contributed by atoms with Crippen molar-refractivity contribution in [1.29, 1.82) is 0 Å². The average molecular weight is 284 g/mol. The van der Waals surface area contributed by atoms with Crippen LogP contribution in [-0.4, -0.2) is 22.0 Å². The molecule has 0 fully saturated rings. The van der Waals surface area contributed by atoms with Crippen molar-refractivity contribution < 1.29 is 22.7 Å². The number of nitrogens with zero attached hydrogens (tertiary/aromatic N) is 2. The molecule has 0 aliphatic carbocycles. The van der Waals surface area contributed by atoms with Gasteiger partial charge in [0.25, 0.3) is 0 Å². The molecule has 0 N–H and O–H groups in total. The Morgan fingerprint density at radius 3 is 2.85 bits per heavy atom. The van der Waals surface area contributed by atoms with Crippen molar-refractivity contribution in [2.75, 3.05) is 6.61 Å². The van der Waals surface area contributed by atoms with Gasteiger partial charge in [0.1, 0.15) is 5.65 Å². The van der Waals surface area contributed by atoms with Crippen molar-refractivity contribution in [3.63, 3.8) is 0 Å². The Kier molecular flexibility index (Phi) is 3.78. The molecule has 2 aromatic heterocycles. The highest BCUT2D eigenvalue weighted by atomic mass is 19.4. The number of ether oxygens (including phenoxy) is 1. The number of carbonyl (C=O) groups excluding carboxylic acids is 1. The molecule has 0 bridgehead atoms. The highest BCUT2D eigenvalue weighted by Crippen LogP contribution is 2.28. The van der Waals surface area contributed by atoms with Crippen LogP contribution in [0.25, 0.3) is 11.7 Å². The molecule has 0 atom stereocenters. The number of rotatable bonds is 3. The molecule has 20 heavy (non-hydrogen) atoms. The molecule has 0 aliphatic heterocycles. The van der Waals surface area contributed by atoms with Crippen molar-refractivity contribution in [3.8, 4) is 0 Å². The number of pyridine rings is 1. The monoisotopic (exact) mass is 284 g/mol. The standard InChI is InChI=1S/C13H11F3N2O2/c1-2-20-12(19)7-6-9-4-3-5-11-17-10(8-18(9)11)13(14,15)16/h3-8H,2H2,1H3/b7-6-. The smallest absolute Gasteiger partial charge is 0.434 e. The van der Waals surface area contributed by atoms with E-state index in [1.807, 2.05) is 0 Å². The molecule has 7 heteroatoms. The largest absolute Gasteiger partial charge is 0.463 e. The molecule has 4 nitrogen and oxygen atoms in total. The zero-order valence-corrected chi connectivity index (χ0v) is 10.5. The van der Waals surface area contributed by atoms with E-state index in [2.05, 4.69) is 4.98 Å². The zero-order chi connectivity index (χ0) is 14.8. The first-order valence-corrected chi connectivity index (χ1v) is 5.82. The normalized spacial score (nSPS) is 12.2. The Balaban J connectivity index is 2.39. The number of carbonyl (C=O) groups is 1. The van der Waals surface area contributed by atoms with Gasteiger partial charge in [0.2, 0.25) is 0 Å². The van der Waals surface area contributed by atoms with Crippen LogP contribution in [0.5, 0.6) is 0 Å². The van der Waals surface area contributed by atoms with E-state index in [0.717, 1.165) is 12.3 Å². The van der Waals surface area contributed by atoms with Gasteiger partial charge in [0.15, 0.2) is 5.69 Å². The topological polar surface area (TPSA) is 43.6 Å². The van der Waals surface area contributed by atoms with Crippen molar-refractivity contribution in [1.82, 2.24) is 9.38 Å². The van der Waals surface area contributed by atoms with Crippen molar-refractivity contribution in [2.45, 2.75) is 13.1 Å². The summed E-state index contributed by atoms with van der Waals surface area (Å²) in [7, 11) is 0. The van der Waals surface area contributed by atoms with Crippen LogP contribution in [0, 0.1) is 0 Å². The van der Waals surface area contributed by atoms with E-state index in [-0.39, 0.29) is 12.3 Å². The van der Waals surface area contributed by atoms with Crippen LogP contribution >= 0.6 is 0 Å². The number of imidazole rings is 1. The SMILES string of the molecule is CCOC(=O)/C=C\c1cccc2nc(C(F)(F)F)cn12. The van der Waals surface area contributed by atoms with Crippen molar-refractivity contribution >= 4 is 17.7 Å². The highest BCUT2D eigenvalue weighted by Gasteiger charge is 2.34. The summed E-state index contributed by atoms with van der Waals surface area (Å²) in [6.45, 7) is 1.90. The Morgan fingerprint density at radius 1 is 1.45 bits per heavy atom. The van der Waals surface area contributed by atoms with Gasteiger partial charge in [-0.05, 0) is 25.1 Å². The van der Waals surface area contributed by atoms with Crippen LogP contribution in [0.2, 0.25) is 0 Å². The van der Waals surface area contributed by atoms with Crippen LogP contribution in [0.4, 0.5) is 13.2 Å². The predicted molar refractivity (Wildman–Crippen MR) is 65.9 cm³/mol. The Hall–Kier alpha value is -2.31. The summed E-state index contributed by atoms with van der Waals surface area (Å²) in [5, 5.41) is 0. The summed E-state index contributed by atoms with van der Waals surface area (Å²) in [4.78, 5) is 14.7. The summed E-state index contributed by atoms with van der Waals surface area (Å²) in [5.74, 6) is -0.555. The molecule has 2 aromatic rings. The molecule has 0 amide bonds. The van der Waals surface area contributed by atoms with Gasteiger partial charge in [0.05, 0.1) is 6.61 Å². The maximum Gasteiger partial charge on any atom is 0.434 e. The van der Waals surface area contributed by atoms with E-state index < -0.39 is 17.8 Å². The van der Waals surface area contributed by atoms with Gasteiger partial charge >= 0.3 is 12.1 Å². The minimum atomic E-state index is -4.51. The van der Waals surface area contributed by atoms with Crippen LogP contribution in [0.3, 0.4) is 0 Å². The fraction of sp³-hybridized carbons (Fsp3) is 0.231. The summed E-state index contributed by atoms with van der Waals surface area (Å²) in [6.07, 6.45) is -1.08. The number of alkyl halides is 3. The van der Waals surface area contributed by atoms with Gasteiger partial charge in [-0.25, -0.2) is 9.78 Å². The number of hydrogen-bond donors (Lipinski definition) is 0. The van der Waals surface area contributed by atoms with Gasteiger partial charge in [0, 0.05) is 18.0 Å². The third-order valence-electron chi connectivity index (χ3n) is 2.49. The molecule has 2 rings (SSSR count). The first-order valence-electron chi connectivity index (χ1n) is 5.82. The van der Waals surface area contributed by atoms with E-state index in [0.29, 0.717) is 5.69 Å². The minimum Gasteiger partial charge on any atom is -0.463 e. The lowest BCUT2D eigenvalue weighted by atomic mass is 10.3. The predicted octanol–water partition coefficient (Wildman–Crippen LogP) is 2.93. The average Bonchev–Trinajstić information content (AvgIpc) is 2.81. The molecule has 0 saturated carbocycles. The molecule has 0 aliphatic rings. The molecule has 0 aromatic carbocycles. The second-order valence-electron chi connectivity index (χ2n) is 3.89. The van der Waals surface area contributed by atoms with Crippen LogP contribution in [-0.2, 0) is 15.7 Å². The maximum atomic E-state index is 12.6. The van der Waals surface area contributed by atoms with Gasteiger partial charge in [-0.1, -0.05) is 6.07 Å². The van der Waals surface area contributed by atoms with Crippen molar-refractivity contribution in [2.24, 2.45) is 0 Å². The van der Waals surface area contributed by atoms with Gasteiger partial charge in [-0.15, -0.1) is 0 Å². The fourth-order valence-electron chi connectivity index (χ4n) is 1.65. The minimum absolute atomic E-state index is 0.156. The molecule has 0 saturated heterocycles. The molecule has 0 radical (unpaired) electrons. The Morgan fingerprint density at radius 2 is 2.20 bits per heavy atom. The third-order valence-corrected chi connectivity index (χ3v) is 2.49. The summed E-state index contributed by atoms with van der Waals surface area (Å²) in [6, 6.07) is 4.59. The number of aromatic nitrogens is 2. The Labute approximate surface area is 112 Å². The van der Waals surface area contributed by atoms with Crippen molar-refractivity contribution in [3.05, 3.63) is 41.9 Å². The quantitative estimate of drug-likeness (QED) is 0.643. The lowest BCUT2D eigenvalue weighted by molar-refractivity contribution is -0.141. The number of esters is 1. The first kappa shape index (κ1) is 14.1. The summed E-state index contributed by atoms with van der Waals surface area (Å²) < 4.78 is 43.8. The van der Waals surface area contributed by atoms with Gasteiger partial charge in [-0.3, -0.25) is 4.40 Å². The van der Waals surface area contributed by atoms with Gasteiger partial charge in [-0.2, -0.15) is 13.2 Å². The maximum absolute atomic E-state index is 12.6. The molecule has 0 unspecified atom stereocenters. The molecular weight excluding hydrogens is 273 g/mol. The summed E-state index contributed by atoms with van der Waals surface area (Å²) in [5.41, 5.74) is -0.420. The Bertz CT molecular complexity index is 659. The number of fused-ring (bicyclic) bond motifs is 1. The van der Waals surface area contributed by atoms with Crippen LogP contribution in [0.15, 0.2) is 30.5 Å². The lowest BCUT2D eigenvalue weighted by Gasteiger charge is -2.00. The van der Waals surface area contributed by atoms with Crippen LogP contribution < -0.4 is 0 Å². The molecule has 2 heterocycles. The van der Waals surface area contributed by atoms with Gasteiger partial charge < -0.3 is 4.74 Å². The van der Waals surface area contributed by atoms with E-state index in [4.69, 9.17) is 4.74 Å².